The van der Waals surface area contributed by atoms with Crippen molar-refractivity contribution < 1.29 is 19.4 Å². The van der Waals surface area contributed by atoms with Gasteiger partial charge in [-0.3, -0.25) is 4.79 Å². The molecule has 2 rings (SSSR count). The molecule has 0 spiro atoms. The fourth-order valence-electron chi connectivity index (χ4n) is 1.78. The molecule has 0 aliphatic carbocycles. The van der Waals surface area contributed by atoms with Gasteiger partial charge >= 0.3 is 0 Å². The molecule has 0 atom stereocenters. The summed E-state index contributed by atoms with van der Waals surface area (Å²) in [7, 11) is 0. The number of hydrogen-bond donors (Lipinski definition) is 2. The highest BCUT2D eigenvalue weighted by atomic mass is 19.1. The lowest BCUT2D eigenvalue weighted by Gasteiger charge is -2.09. The van der Waals surface area contributed by atoms with Gasteiger partial charge in [-0.25, -0.2) is 4.39 Å². The van der Waals surface area contributed by atoms with Gasteiger partial charge in [0.1, 0.15) is 12.0 Å². The van der Waals surface area contributed by atoms with E-state index in [1.54, 1.807) is 18.2 Å². The molecule has 0 aromatic heterocycles. The molecule has 2 aromatic rings. The summed E-state index contributed by atoms with van der Waals surface area (Å²) in [4.78, 5) is 10.5. The summed E-state index contributed by atoms with van der Waals surface area (Å²) < 4.78 is 13.9. The standard InChI is InChI=1S/C14H11FO3/c1-8(7-16)6-11-12(15)14(18)10-5-3-2-4-9(10)13(11)17/h2-7,17-18H,1H3/b8-6-. The Hall–Kier alpha value is -2.36. The molecule has 0 unspecified atom stereocenters. The lowest BCUT2D eigenvalue weighted by Crippen LogP contribution is -1.89. The molecule has 92 valence electrons. The van der Waals surface area contributed by atoms with E-state index >= 15 is 0 Å². The third kappa shape index (κ3) is 1.82. The molecule has 0 amide bonds. The van der Waals surface area contributed by atoms with Crippen LogP contribution in [-0.4, -0.2) is 16.5 Å². The van der Waals surface area contributed by atoms with Crippen LogP contribution in [-0.2, 0) is 4.79 Å². The van der Waals surface area contributed by atoms with Crippen LogP contribution in [0.15, 0.2) is 29.8 Å². The average molecular weight is 246 g/mol. The molecule has 0 fully saturated rings. The molecule has 0 bridgehead atoms. The Labute approximate surface area is 103 Å². The number of hydrogen-bond acceptors (Lipinski definition) is 3. The minimum absolute atomic E-state index is 0.184. The van der Waals surface area contributed by atoms with Crippen LogP contribution in [0.2, 0.25) is 0 Å². The highest BCUT2D eigenvalue weighted by molar-refractivity contribution is 5.97. The third-order valence-electron chi connectivity index (χ3n) is 2.69. The second kappa shape index (κ2) is 4.49. The van der Waals surface area contributed by atoms with Crippen molar-refractivity contribution in [3.8, 4) is 11.5 Å². The largest absolute Gasteiger partial charge is 0.507 e. The number of allylic oxidation sites excluding steroid dienone is 1. The first-order valence-corrected chi connectivity index (χ1v) is 5.32. The van der Waals surface area contributed by atoms with E-state index in [0.717, 1.165) is 0 Å². The summed E-state index contributed by atoms with van der Waals surface area (Å²) in [6, 6.07) is 6.37. The van der Waals surface area contributed by atoms with Gasteiger partial charge < -0.3 is 10.2 Å². The summed E-state index contributed by atoms with van der Waals surface area (Å²) in [5.74, 6) is -1.76. The highest BCUT2D eigenvalue weighted by Crippen LogP contribution is 2.39. The topological polar surface area (TPSA) is 57.5 Å². The lowest BCUT2D eigenvalue weighted by atomic mass is 10.0. The Bertz CT molecular complexity index is 660. The second-order valence-electron chi connectivity index (χ2n) is 3.98. The minimum atomic E-state index is -0.938. The van der Waals surface area contributed by atoms with Crippen LogP contribution in [0.5, 0.6) is 11.5 Å². The Morgan fingerprint density at radius 1 is 1.17 bits per heavy atom. The smallest absolute Gasteiger partial charge is 0.176 e. The molecule has 0 saturated carbocycles. The minimum Gasteiger partial charge on any atom is -0.507 e. The van der Waals surface area contributed by atoms with Crippen LogP contribution >= 0.6 is 0 Å². The zero-order valence-corrected chi connectivity index (χ0v) is 9.64. The highest BCUT2D eigenvalue weighted by Gasteiger charge is 2.17. The van der Waals surface area contributed by atoms with Crippen molar-refractivity contribution in [2.45, 2.75) is 6.92 Å². The maximum Gasteiger partial charge on any atom is 0.176 e. The number of phenols is 2. The fourth-order valence-corrected chi connectivity index (χ4v) is 1.78. The van der Waals surface area contributed by atoms with E-state index in [1.807, 2.05) is 0 Å². The van der Waals surface area contributed by atoms with Crippen molar-refractivity contribution in [3.63, 3.8) is 0 Å². The first-order valence-electron chi connectivity index (χ1n) is 5.32. The van der Waals surface area contributed by atoms with Crippen molar-refractivity contribution in [2.24, 2.45) is 0 Å². The molecule has 3 nitrogen and oxygen atoms in total. The Morgan fingerprint density at radius 2 is 1.72 bits per heavy atom. The molecule has 2 N–H and O–H groups in total. The monoisotopic (exact) mass is 246 g/mol. The van der Waals surface area contributed by atoms with Gasteiger partial charge in [-0.1, -0.05) is 24.3 Å². The second-order valence-corrected chi connectivity index (χ2v) is 3.98. The summed E-state index contributed by atoms with van der Waals surface area (Å²) in [6.45, 7) is 1.48. The molecule has 0 radical (unpaired) electrons. The normalized spacial score (nSPS) is 11.8. The maximum absolute atomic E-state index is 13.9. The van der Waals surface area contributed by atoms with Crippen LogP contribution in [0.4, 0.5) is 4.39 Å². The average Bonchev–Trinajstić information content (AvgIpc) is 2.40. The molecule has 0 saturated heterocycles. The van der Waals surface area contributed by atoms with Crippen molar-refractivity contribution in [1.29, 1.82) is 0 Å². The first-order chi connectivity index (χ1) is 8.56. The van der Waals surface area contributed by atoms with Gasteiger partial charge in [-0.05, 0) is 18.6 Å². The van der Waals surface area contributed by atoms with Crippen LogP contribution in [0.1, 0.15) is 12.5 Å². The van der Waals surface area contributed by atoms with Gasteiger partial charge in [0.15, 0.2) is 11.6 Å². The molecule has 2 aromatic carbocycles. The number of benzene rings is 2. The number of rotatable bonds is 2. The number of carbonyl (C=O) groups is 1. The van der Waals surface area contributed by atoms with E-state index in [1.165, 1.54) is 19.1 Å². The van der Waals surface area contributed by atoms with E-state index < -0.39 is 11.6 Å². The SMILES string of the molecule is C/C(C=O)=C/c1c(F)c(O)c2ccccc2c1O. The molecule has 4 heteroatoms. The Kier molecular flexibility index (Phi) is 3.02. The van der Waals surface area contributed by atoms with E-state index in [2.05, 4.69) is 0 Å². The van der Waals surface area contributed by atoms with Gasteiger partial charge in [-0.15, -0.1) is 0 Å². The van der Waals surface area contributed by atoms with Crippen molar-refractivity contribution >= 4 is 23.1 Å². The van der Waals surface area contributed by atoms with E-state index in [-0.39, 0.29) is 22.3 Å². The van der Waals surface area contributed by atoms with Crippen LogP contribution < -0.4 is 0 Å². The Morgan fingerprint density at radius 3 is 2.28 bits per heavy atom. The molecule has 0 aliphatic rings. The molecule has 0 aliphatic heterocycles. The summed E-state index contributed by atoms with van der Waals surface area (Å²) in [5.41, 5.74) is 0.0645. The van der Waals surface area contributed by atoms with Gasteiger partial charge in [0.2, 0.25) is 0 Å². The maximum atomic E-state index is 13.9. The van der Waals surface area contributed by atoms with Gasteiger partial charge in [0.05, 0.1) is 5.56 Å². The summed E-state index contributed by atoms with van der Waals surface area (Å²) >= 11 is 0. The molecular formula is C14H11FO3. The molecule has 0 heterocycles. The number of carbonyl (C=O) groups excluding carboxylic acids is 1. The van der Waals surface area contributed by atoms with E-state index in [4.69, 9.17) is 0 Å². The van der Waals surface area contributed by atoms with Crippen LogP contribution in [0.3, 0.4) is 0 Å². The van der Waals surface area contributed by atoms with E-state index in [0.29, 0.717) is 11.7 Å². The molecular weight excluding hydrogens is 235 g/mol. The lowest BCUT2D eigenvalue weighted by molar-refractivity contribution is -0.104. The van der Waals surface area contributed by atoms with Crippen molar-refractivity contribution in [2.75, 3.05) is 0 Å². The van der Waals surface area contributed by atoms with Gasteiger partial charge in [0, 0.05) is 10.8 Å². The number of phenolic OH excluding ortho intramolecular Hbond substituents is 2. The van der Waals surface area contributed by atoms with Crippen molar-refractivity contribution in [1.82, 2.24) is 0 Å². The zero-order chi connectivity index (χ0) is 13.3. The predicted octanol–water partition coefficient (Wildman–Crippen LogP) is 2.99. The van der Waals surface area contributed by atoms with Gasteiger partial charge in [0.25, 0.3) is 0 Å². The molecule has 18 heavy (non-hydrogen) atoms. The number of aldehydes is 1. The third-order valence-corrected chi connectivity index (χ3v) is 2.69. The van der Waals surface area contributed by atoms with E-state index in [9.17, 15) is 19.4 Å². The van der Waals surface area contributed by atoms with Crippen molar-refractivity contribution in [3.05, 3.63) is 41.2 Å². The fraction of sp³-hybridized carbons (Fsp3) is 0.0714. The quantitative estimate of drug-likeness (QED) is 0.486. The summed E-state index contributed by atoms with van der Waals surface area (Å²) in [6.07, 6.45) is 1.74. The summed E-state index contributed by atoms with van der Waals surface area (Å²) in [5, 5.41) is 20.3. The first kappa shape index (κ1) is 12.1. The Balaban J connectivity index is 2.87. The number of halogens is 1. The predicted molar refractivity (Wildman–Crippen MR) is 67.0 cm³/mol. The van der Waals surface area contributed by atoms with Gasteiger partial charge in [-0.2, -0.15) is 0 Å². The van der Waals surface area contributed by atoms with Crippen LogP contribution in [0.25, 0.3) is 16.8 Å². The number of fused-ring (bicyclic) bond motifs is 1. The van der Waals surface area contributed by atoms with Crippen LogP contribution in [0, 0.1) is 5.82 Å². The number of aromatic hydroxyl groups is 2. The zero-order valence-electron chi connectivity index (χ0n) is 9.64.